The van der Waals surface area contributed by atoms with Crippen LogP contribution in [-0.4, -0.2) is 0 Å². The molecule has 2 N–H and O–H groups in total. The van der Waals surface area contributed by atoms with Crippen molar-refractivity contribution in [3.05, 3.63) is 34.1 Å². The molecule has 0 amide bonds. The monoisotopic (exact) mass is 227 g/mol. The third-order valence-electron chi connectivity index (χ3n) is 1.47. The predicted molar refractivity (Wildman–Crippen MR) is 49.9 cm³/mol. The number of nitrogens with two attached hydrogens (primary N) is 1. The van der Waals surface area contributed by atoms with Gasteiger partial charge in [-0.25, -0.2) is 4.39 Å². The molecule has 0 fully saturated rings. The van der Waals surface area contributed by atoms with Gasteiger partial charge in [-0.1, -0.05) is 21.9 Å². The quantitative estimate of drug-likeness (QED) is 0.732. The summed E-state index contributed by atoms with van der Waals surface area (Å²) in [5.41, 5.74) is 6.13. The Morgan fingerprint density at radius 3 is 2.83 bits per heavy atom. The van der Waals surface area contributed by atoms with Crippen molar-refractivity contribution in [2.75, 3.05) is 0 Å². The van der Waals surface area contributed by atoms with E-state index >= 15 is 0 Å². The summed E-state index contributed by atoms with van der Waals surface area (Å²) in [6.45, 7) is 0. The van der Waals surface area contributed by atoms with Gasteiger partial charge in [-0.15, -0.1) is 6.42 Å². The van der Waals surface area contributed by atoms with Crippen molar-refractivity contribution < 1.29 is 4.39 Å². The fraction of sp³-hybridized carbons (Fsp3) is 0.111. The Morgan fingerprint density at radius 1 is 1.58 bits per heavy atom. The summed E-state index contributed by atoms with van der Waals surface area (Å²) in [7, 11) is 0. The number of terminal acetylenes is 1. The Balaban J connectivity index is 3.15. The minimum Gasteiger partial charge on any atom is -0.314 e. The molecule has 0 aromatic heterocycles. The molecule has 0 aliphatic heterocycles. The van der Waals surface area contributed by atoms with Gasteiger partial charge in [0.2, 0.25) is 0 Å². The zero-order chi connectivity index (χ0) is 9.14. The molecule has 62 valence electrons. The molecule has 0 radical (unpaired) electrons. The van der Waals surface area contributed by atoms with Crippen LogP contribution in [0.2, 0.25) is 0 Å². The first kappa shape index (κ1) is 9.24. The van der Waals surface area contributed by atoms with E-state index < -0.39 is 6.04 Å². The second-order valence-electron chi connectivity index (χ2n) is 2.31. The zero-order valence-corrected chi connectivity index (χ0v) is 7.81. The summed E-state index contributed by atoms with van der Waals surface area (Å²) in [6, 6.07) is 3.70. The first-order valence-electron chi connectivity index (χ1n) is 3.32. The molecule has 0 bridgehead atoms. The Hall–Kier alpha value is -0.850. The van der Waals surface area contributed by atoms with E-state index in [9.17, 15) is 4.39 Å². The van der Waals surface area contributed by atoms with Crippen molar-refractivity contribution in [2.45, 2.75) is 6.04 Å². The van der Waals surface area contributed by atoms with Crippen LogP contribution in [0.1, 0.15) is 11.6 Å². The van der Waals surface area contributed by atoms with Gasteiger partial charge in [-0.3, -0.25) is 0 Å². The van der Waals surface area contributed by atoms with Crippen LogP contribution in [0.25, 0.3) is 0 Å². The maximum atomic E-state index is 12.7. The molecule has 3 heteroatoms. The smallest absolute Gasteiger partial charge is 0.123 e. The van der Waals surface area contributed by atoms with E-state index in [0.717, 1.165) is 4.47 Å². The molecular weight excluding hydrogens is 221 g/mol. The minimum atomic E-state index is -0.560. The maximum Gasteiger partial charge on any atom is 0.123 e. The normalized spacial score (nSPS) is 12.2. The van der Waals surface area contributed by atoms with E-state index in [4.69, 9.17) is 12.2 Å². The molecule has 0 aliphatic rings. The lowest BCUT2D eigenvalue weighted by Crippen LogP contribution is -2.08. The van der Waals surface area contributed by atoms with Crippen molar-refractivity contribution in [2.24, 2.45) is 5.73 Å². The van der Waals surface area contributed by atoms with Gasteiger partial charge in [-0.2, -0.15) is 0 Å². The highest BCUT2D eigenvalue weighted by Crippen LogP contribution is 2.22. The largest absolute Gasteiger partial charge is 0.314 e. The van der Waals surface area contributed by atoms with Gasteiger partial charge < -0.3 is 5.73 Å². The number of rotatable bonds is 1. The summed E-state index contributed by atoms with van der Waals surface area (Å²) in [6.07, 6.45) is 5.10. The summed E-state index contributed by atoms with van der Waals surface area (Å²) >= 11 is 3.23. The van der Waals surface area contributed by atoms with Crippen LogP contribution in [0.15, 0.2) is 22.7 Å². The molecule has 1 atom stereocenters. The highest BCUT2D eigenvalue weighted by molar-refractivity contribution is 9.10. The van der Waals surface area contributed by atoms with E-state index in [0.29, 0.717) is 5.56 Å². The van der Waals surface area contributed by atoms with Crippen molar-refractivity contribution in [1.82, 2.24) is 0 Å². The van der Waals surface area contributed by atoms with Gasteiger partial charge in [0.1, 0.15) is 5.82 Å². The molecule has 12 heavy (non-hydrogen) atoms. The Morgan fingerprint density at radius 2 is 2.25 bits per heavy atom. The Kier molecular flexibility index (Phi) is 2.85. The van der Waals surface area contributed by atoms with Crippen molar-refractivity contribution >= 4 is 15.9 Å². The number of hydrogen-bond donors (Lipinski definition) is 1. The molecule has 0 saturated carbocycles. The second-order valence-corrected chi connectivity index (χ2v) is 3.16. The lowest BCUT2D eigenvalue weighted by atomic mass is 10.1. The molecule has 0 aliphatic carbocycles. The Bertz CT molecular complexity index is 330. The van der Waals surface area contributed by atoms with Gasteiger partial charge in [0, 0.05) is 4.47 Å². The van der Waals surface area contributed by atoms with Gasteiger partial charge in [-0.05, 0) is 23.8 Å². The lowest BCUT2D eigenvalue weighted by Gasteiger charge is -2.06. The first-order valence-corrected chi connectivity index (χ1v) is 4.11. The van der Waals surface area contributed by atoms with E-state index in [1.807, 2.05) is 0 Å². The molecule has 0 spiro atoms. The summed E-state index contributed by atoms with van der Waals surface area (Å²) < 4.78 is 13.4. The predicted octanol–water partition coefficient (Wildman–Crippen LogP) is 2.22. The van der Waals surface area contributed by atoms with E-state index in [1.54, 1.807) is 6.07 Å². The van der Waals surface area contributed by atoms with Gasteiger partial charge in [0.05, 0.1) is 6.04 Å². The second kappa shape index (κ2) is 3.70. The average molecular weight is 228 g/mol. The minimum absolute atomic E-state index is 0.334. The highest BCUT2D eigenvalue weighted by atomic mass is 79.9. The molecule has 1 aromatic carbocycles. The summed E-state index contributed by atoms with van der Waals surface area (Å²) in [5.74, 6) is 2.00. The fourth-order valence-electron chi connectivity index (χ4n) is 0.843. The van der Waals surface area contributed by atoms with Gasteiger partial charge in [0.15, 0.2) is 0 Å². The van der Waals surface area contributed by atoms with E-state index in [1.165, 1.54) is 12.1 Å². The van der Waals surface area contributed by atoms with E-state index in [2.05, 4.69) is 21.9 Å². The highest BCUT2D eigenvalue weighted by Gasteiger charge is 2.07. The van der Waals surface area contributed by atoms with Crippen LogP contribution in [0.3, 0.4) is 0 Å². The summed E-state index contributed by atoms with van der Waals surface area (Å²) in [4.78, 5) is 0. The molecule has 1 aromatic rings. The molecule has 1 rings (SSSR count). The average Bonchev–Trinajstić information content (AvgIpc) is 2.08. The van der Waals surface area contributed by atoms with Crippen molar-refractivity contribution in [3.8, 4) is 12.3 Å². The standard InChI is InChI=1S/C9H7BrFN/c1-2-9(12)7-5-6(11)3-4-8(7)10/h1,3-5,9H,12H2. The topological polar surface area (TPSA) is 26.0 Å². The third-order valence-corrected chi connectivity index (χ3v) is 2.19. The van der Waals surface area contributed by atoms with Gasteiger partial charge in [0.25, 0.3) is 0 Å². The van der Waals surface area contributed by atoms with Crippen LogP contribution in [0.4, 0.5) is 4.39 Å². The SMILES string of the molecule is C#CC(N)c1cc(F)ccc1Br. The number of hydrogen-bond acceptors (Lipinski definition) is 1. The van der Waals surface area contributed by atoms with Crippen LogP contribution >= 0.6 is 15.9 Å². The van der Waals surface area contributed by atoms with Crippen molar-refractivity contribution in [3.63, 3.8) is 0 Å². The zero-order valence-electron chi connectivity index (χ0n) is 6.22. The molecule has 0 saturated heterocycles. The lowest BCUT2D eigenvalue weighted by molar-refractivity contribution is 0.624. The maximum absolute atomic E-state index is 12.7. The molecule has 1 nitrogen and oxygen atoms in total. The first-order chi connectivity index (χ1) is 5.65. The molecular formula is C9H7BrFN. The molecule has 1 unspecified atom stereocenters. The molecule has 0 heterocycles. The van der Waals surface area contributed by atoms with Crippen LogP contribution in [0, 0.1) is 18.2 Å². The fourth-order valence-corrected chi connectivity index (χ4v) is 1.34. The van der Waals surface area contributed by atoms with Crippen LogP contribution in [-0.2, 0) is 0 Å². The number of halogens is 2. The third kappa shape index (κ3) is 1.84. The van der Waals surface area contributed by atoms with Crippen LogP contribution in [0.5, 0.6) is 0 Å². The van der Waals surface area contributed by atoms with E-state index in [-0.39, 0.29) is 5.82 Å². The summed E-state index contributed by atoms with van der Waals surface area (Å²) in [5, 5.41) is 0. The number of benzene rings is 1. The van der Waals surface area contributed by atoms with Crippen molar-refractivity contribution in [1.29, 1.82) is 0 Å². The van der Waals surface area contributed by atoms with Gasteiger partial charge >= 0.3 is 0 Å². The van der Waals surface area contributed by atoms with Crippen LogP contribution < -0.4 is 5.73 Å². The Labute approximate surface area is 78.9 Å².